The predicted molar refractivity (Wildman–Crippen MR) is 99.7 cm³/mol. The molecule has 0 aliphatic carbocycles. The van der Waals surface area contributed by atoms with E-state index >= 15 is 0 Å². The third-order valence-electron chi connectivity index (χ3n) is 3.49. The molecule has 1 unspecified atom stereocenters. The Balaban J connectivity index is 2.17. The lowest BCUT2D eigenvalue weighted by Gasteiger charge is -2.14. The maximum atomic E-state index is 12.5. The van der Waals surface area contributed by atoms with Crippen molar-refractivity contribution in [3.05, 3.63) is 47.8 Å². The van der Waals surface area contributed by atoms with Gasteiger partial charge in [0.05, 0.1) is 21.4 Å². The minimum absolute atomic E-state index is 0.0999. The number of sulfonamides is 1. The van der Waals surface area contributed by atoms with E-state index in [0.717, 1.165) is 11.3 Å². The van der Waals surface area contributed by atoms with Crippen LogP contribution in [0.15, 0.2) is 56.9 Å². The number of fused-ring (bicyclic) bond motifs is 1. The van der Waals surface area contributed by atoms with Crippen LogP contribution in [0.4, 0.5) is 5.69 Å². The van der Waals surface area contributed by atoms with Crippen molar-refractivity contribution in [2.45, 2.75) is 9.10 Å². The number of carboxylic acid groups (broad SMARTS) is 1. The third-order valence-corrected chi connectivity index (χ3v) is 7.56. The number of anilines is 1. The summed E-state index contributed by atoms with van der Waals surface area (Å²) in [5, 5.41) is 21.5. The smallest absolute Gasteiger partial charge is 0.316 e. The lowest BCUT2D eigenvalue weighted by atomic mass is 10.1. The van der Waals surface area contributed by atoms with E-state index in [2.05, 4.69) is 4.72 Å². The van der Waals surface area contributed by atoms with Crippen LogP contribution in [-0.4, -0.2) is 34.6 Å². The summed E-state index contributed by atoms with van der Waals surface area (Å²) in [5.74, 6) is -2.33. The van der Waals surface area contributed by atoms with Crippen molar-refractivity contribution in [3.63, 3.8) is 0 Å². The molecule has 0 fully saturated rings. The predicted octanol–water partition coefficient (Wildman–Crippen LogP) is 2.60. The molecule has 3 aromatic rings. The van der Waals surface area contributed by atoms with Crippen LogP contribution in [0.2, 0.25) is 0 Å². The van der Waals surface area contributed by atoms with Gasteiger partial charge in [0.1, 0.15) is 15.7 Å². The van der Waals surface area contributed by atoms with Crippen LogP contribution in [0.5, 0.6) is 5.75 Å². The quantitative estimate of drug-likeness (QED) is 0.536. The highest BCUT2D eigenvalue weighted by molar-refractivity contribution is 7.94. The molecule has 2 aromatic carbocycles. The Hall–Kier alpha value is -2.43. The first-order valence-electron chi connectivity index (χ1n) is 7.21. The number of phenols is 1. The maximum Gasteiger partial charge on any atom is 0.316 e. The van der Waals surface area contributed by atoms with Gasteiger partial charge in [-0.25, -0.2) is 8.42 Å². The fraction of sp³-hybridized carbons (Fsp3) is 0.0625. The molecule has 10 heteroatoms. The molecule has 0 aliphatic rings. The Labute approximate surface area is 155 Å². The molecular weight excluding hydrogens is 398 g/mol. The zero-order valence-electron chi connectivity index (χ0n) is 13.1. The Morgan fingerprint density at radius 2 is 1.85 bits per heavy atom. The number of carboxylic acids is 1. The Morgan fingerprint density at radius 3 is 2.46 bits per heavy atom. The molecule has 1 atom stereocenters. The molecule has 3 rings (SSSR count). The number of carbonyl (C=O) groups is 1. The van der Waals surface area contributed by atoms with Gasteiger partial charge in [0.25, 0.3) is 10.0 Å². The van der Waals surface area contributed by atoms with Crippen molar-refractivity contribution in [2.24, 2.45) is 0 Å². The van der Waals surface area contributed by atoms with E-state index in [1.165, 1.54) is 18.2 Å². The molecule has 0 amide bonds. The minimum atomic E-state index is -3.87. The molecule has 1 aromatic heterocycles. The van der Waals surface area contributed by atoms with Gasteiger partial charge in [-0.05, 0) is 17.5 Å². The highest BCUT2D eigenvalue weighted by atomic mass is 32.2. The molecule has 0 aliphatic heterocycles. The monoisotopic (exact) mass is 411 g/mol. The van der Waals surface area contributed by atoms with Gasteiger partial charge < -0.3 is 10.2 Å². The Kier molecular flexibility index (Phi) is 4.99. The van der Waals surface area contributed by atoms with Gasteiger partial charge in [0, 0.05) is 10.8 Å². The average Bonchev–Trinajstić information content (AvgIpc) is 3.12. The summed E-state index contributed by atoms with van der Waals surface area (Å²) in [6.07, 6.45) is 0. The van der Waals surface area contributed by atoms with Crippen molar-refractivity contribution in [1.82, 2.24) is 0 Å². The molecule has 0 saturated carbocycles. The van der Waals surface area contributed by atoms with Crippen molar-refractivity contribution >= 4 is 54.6 Å². The fourth-order valence-electron chi connectivity index (χ4n) is 2.39. The zero-order chi connectivity index (χ0) is 18.9. The van der Waals surface area contributed by atoms with Crippen molar-refractivity contribution in [1.29, 1.82) is 0 Å². The summed E-state index contributed by atoms with van der Waals surface area (Å²) in [7, 11) is -5.91. The molecule has 1 heterocycles. The first-order chi connectivity index (χ1) is 12.3. The van der Waals surface area contributed by atoms with E-state index < -0.39 is 32.5 Å². The first-order valence-corrected chi connectivity index (χ1v) is 10.9. The number of benzene rings is 2. The molecule has 0 radical (unpaired) electrons. The summed E-state index contributed by atoms with van der Waals surface area (Å²) in [6.45, 7) is 0. The van der Waals surface area contributed by atoms with Gasteiger partial charge >= 0.3 is 5.97 Å². The van der Waals surface area contributed by atoms with E-state index in [-0.39, 0.29) is 25.9 Å². The summed E-state index contributed by atoms with van der Waals surface area (Å²) in [6, 6.07) is 10.7. The second-order valence-corrected chi connectivity index (χ2v) is 9.51. The van der Waals surface area contributed by atoms with Gasteiger partial charge in [0.2, 0.25) is 0 Å². The molecular formula is C16H13NO6S3. The molecule has 3 N–H and O–H groups in total. The lowest BCUT2D eigenvalue weighted by molar-refractivity contribution is -0.133. The zero-order valence-corrected chi connectivity index (χ0v) is 15.5. The van der Waals surface area contributed by atoms with Crippen LogP contribution in [0.25, 0.3) is 10.8 Å². The highest BCUT2D eigenvalue weighted by Gasteiger charge is 2.22. The van der Waals surface area contributed by atoms with Crippen LogP contribution < -0.4 is 4.72 Å². The van der Waals surface area contributed by atoms with Crippen molar-refractivity contribution in [3.8, 4) is 5.75 Å². The van der Waals surface area contributed by atoms with Crippen LogP contribution in [0.1, 0.15) is 0 Å². The van der Waals surface area contributed by atoms with E-state index in [4.69, 9.17) is 5.11 Å². The van der Waals surface area contributed by atoms with Gasteiger partial charge in [-0.3, -0.25) is 13.7 Å². The Morgan fingerprint density at radius 1 is 1.15 bits per heavy atom. The Bertz CT molecular complexity index is 1110. The minimum Gasteiger partial charge on any atom is -0.506 e. The van der Waals surface area contributed by atoms with Crippen molar-refractivity contribution < 1.29 is 27.6 Å². The van der Waals surface area contributed by atoms with E-state index in [9.17, 15) is 22.5 Å². The fourth-order valence-corrected chi connectivity index (χ4v) is 5.41. The second kappa shape index (κ2) is 7.06. The van der Waals surface area contributed by atoms with Gasteiger partial charge in [-0.2, -0.15) is 0 Å². The first kappa shape index (κ1) is 18.4. The largest absolute Gasteiger partial charge is 0.506 e. The van der Waals surface area contributed by atoms with E-state index in [1.807, 2.05) is 0 Å². The second-order valence-electron chi connectivity index (χ2n) is 5.24. The molecule has 0 bridgehead atoms. The highest BCUT2D eigenvalue weighted by Crippen LogP contribution is 2.37. The van der Waals surface area contributed by atoms with Crippen LogP contribution in [0.3, 0.4) is 0 Å². The van der Waals surface area contributed by atoms with Crippen molar-refractivity contribution in [2.75, 3.05) is 10.5 Å². The van der Waals surface area contributed by atoms with E-state index in [0.29, 0.717) is 5.39 Å². The molecule has 0 spiro atoms. The lowest BCUT2D eigenvalue weighted by Crippen LogP contribution is -2.13. The SMILES string of the molecule is O=C(O)CS(=O)c1cc(NS(=O)(=O)c2cccs2)c2ccccc2c1O. The third kappa shape index (κ3) is 3.57. The van der Waals surface area contributed by atoms with Crippen LogP contribution in [-0.2, 0) is 25.6 Å². The number of thiophene rings is 1. The van der Waals surface area contributed by atoms with Gasteiger partial charge in [0.15, 0.2) is 0 Å². The molecule has 0 saturated heterocycles. The summed E-state index contributed by atoms with van der Waals surface area (Å²) in [4.78, 5) is 10.7. The number of aromatic hydroxyl groups is 1. The summed E-state index contributed by atoms with van der Waals surface area (Å²) < 4.78 is 39.8. The summed E-state index contributed by atoms with van der Waals surface area (Å²) in [5.41, 5.74) is 0.112. The number of nitrogens with one attached hydrogen (secondary N) is 1. The number of rotatable bonds is 6. The number of aliphatic carboxylic acids is 1. The molecule has 136 valence electrons. The van der Waals surface area contributed by atoms with Gasteiger partial charge in [-0.15, -0.1) is 11.3 Å². The molecule has 26 heavy (non-hydrogen) atoms. The number of hydrogen-bond acceptors (Lipinski definition) is 6. The van der Waals surface area contributed by atoms with E-state index in [1.54, 1.807) is 29.6 Å². The number of hydrogen-bond donors (Lipinski definition) is 3. The van der Waals surface area contributed by atoms with Crippen LogP contribution >= 0.6 is 11.3 Å². The van der Waals surface area contributed by atoms with Crippen LogP contribution in [0, 0.1) is 0 Å². The molecule has 7 nitrogen and oxygen atoms in total. The average molecular weight is 411 g/mol. The number of phenolic OH excluding ortho intramolecular Hbond substituents is 1. The maximum absolute atomic E-state index is 12.5. The standard InChI is InChI=1S/C16H13NO6S3/c18-14(19)9-25(21)13-8-12(10-4-1-2-5-11(10)16(13)20)17-26(22,23)15-6-3-7-24-15/h1-8,17,20H,9H2,(H,18,19). The van der Waals surface area contributed by atoms with Gasteiger partial charge in [-0.1, -0.05) is 30.3 Å². The topological polar surface area (TPSA) is 121 Å². The normalized spacial score (nSPS) is 12.8. The summed E-state index contributed by atoms with van der Waals surface area (Å²) >= 11 is 1.04.